The lowest BCUT2D eigenvalue weighted by molar-refractivity contribution is -0.139. The van der Waals surface area contributed by atoms with Crippen molar-refractivity contribution in [3.8, 4) is 0 Å². The van der Waals surface area contributed by atoms with Crippen molar-refractivity contribution in [2.75, 3.05) is 19.5 Å². The maximum Gasteiger partial charge on any atom is 0.302 e. The summed E-state index contributed by atoms with van der Waals surface area (Å²) in [5.74, 6) is -0.435. The van der Waals surface area contributed by atoms with Crippen molar-refractivity contribution in [1.29, 1.82) is 0 Å². The lowest BCUT2D eigenvalue weighted by atomic mass is 9.95. The van der Waals surface area contributed by atoms with Crippen molar-refractivity contribution in [2.45, 2.75) is 11.8 Å². The van der Waals surface area contributed by atoms with Crippen molar-refractivity contribution >= 4 is 27.0 Å². The SMILES string of the molecule is CC(=O)OC/C(=C(\CO)c1ccccc1)c1ccc(S(C)(=O)=O)cc1. The second-order valence-electron chi connectivity index (χ2n) is 5.56. The van der Waals surface area contributed by atoms with E-state index in [1.54, 1.807) is 12.1 Å². The van der Waals surface area contributed by atoms with Gasteiger partial charge in [-0.15, -0.1) is 0 Å². The molecule has 25 heavy (non-hydrogen) atoms. The number of rotatable bonds is 6. The monoisotopic (exact) mass is 360 g/mol. The Labute approximate surface area is 147 Å². The minimum absolute atomic E-state index is 0.0155. The van der Waals surface area contributed by atoms with Crippen LogP contribution in [0.15, 0.2) is 59.5 Å². The van der Waals surface area contributed by atoms with Crippen molar-refractivity contribution in [2.24, 2.45) is 0 Å². The normalized spacial score (nSPS) is 12.4. The van der Waals surface area contributed by atoms with Gasteiger partial charge in [0.05, 0.1) is 11.5 Å². The standard InChI is InChI=1S/C19H20O5S/c1-14(21)24-13-19(18(12-20)15-6-4-3-5-7-15)16-8-10-17(11-9-16)25(2,22)23/h3-11,20H,12-13H2,1-2H3/b19-18-. The number of aliphatic hydroxyl groups excluding tert-OH is 1. The first kappa shape index (κ1) is 18.9. The number of hydrogen-bond donors (Lipinski definition) is 1. The van der Waals surface area contributed by atoms with Gasteiger partial charge < -0.3 is 9.84 Å². The van der Waals surface area contributed by atoms with Crippen LogP contribution in [-0.4, -0.2) is 39.0 Å². The molecule has 132 valence electrons. The van der Waals surface area contributed by atoms with Gasteiger partial charge in [-0.2, -0.15) is 0 Å². The minimum atomic E-state index is -3.30. The van der Waals surface area contributed by atoms with E-state index >= 15 is 0 Å². The third-order valence-corrected chi connectivity index (χ3v) is 4.82. The van der Waals surface area contributed by atoms with Gasteiger partial charge in [0.1, 0.15) is 6.61 Å². The molecule has 0 amide bonds. The summed E-state index contributed by atoms with van der Waals surface area (Å²) in [5, 5.41) is 9.87. The summed E-state index contributed by atoms with van der Waals surface area (Å²) in [6.07, 6.45) is 1.14. The van der Waals surface area contributed by atoms with Crippen LogP contribution in [0.5, 0.6) is 0 Å². The molecule has 0 fully saturated rings. The van der Waals surface area contributed by atoms with Crippen LogP contribution in [-0.2, 0) is 19.4 Å². The van der Waals surface area contributed by atoms with E-state index in [0.717, 1.165) is 11.8 Å². The summed E-state index contributed by atoms with van der Waals surface area (Å²) in [6, 6.07) is 15.6. The fourth-order valence-corrected chi connectivity index (χ4v) is 3.05. The van der Waals surface area contributed by atoms with E-state index in [4.69, 9.17) is 4.74 Å². The summed E-state index contributed by atoms with van der Waals surface area (Å²) >= 11 is 0. The fraction of sp³-hybridized carbons (Fsp3) is 0.211. The van der Waals surface area contributed by atoms with Crippen molar-refractivity contribution in [3.05, 3.63) is 65.7 Å². The number of carbonyl (C=O) groups excluding carboxylic acids is 1. The van der Waals surface area contributed by atoms with E-state index in [1.807, 2.05) is 30.3 Å². The molecule has 0 aromatic heterocycles. The molecule has 0 bridgehead atoms. The molecule has 0 radical (unpaired) electrons. The summed E-state index contributed by atoms with van der Waals surface area (Å²) in [5.41, 5.74) is 2.74. The highest BCUT2D eigenvalue weighted by molar-refractivity contribution is 7.90. The van der Waals surface area contributed by atoms with Crippen molar-refractivity contribution in [3.63, 3.8) is 0 Å². The van der Waals surface area contributed by atoms with Crippen LogP contribution >= 0.6 is 0 Å². The predicted octanol–water partition coefficient (Wildman–Crippen LogP) is 2.56. The Balaban J connectivity index is 2.55. The molecule has 1 N–H and O–H groups in total. The number of hydrogen-bond acceptors (Lipinski definition) is 5. The molecule has 0 spiro atoms. The van der Waals surface area contributed by atoms with E-state index in [0.29, 0.717) is 16.7 Å². The highest BCUT2D eigenvalue weighted by Crippen LogP contribution is 2.27. The molecular weight excluding hydrogens is 340 g/mol. The molecule has 2 rings (SSSR count). The number of esters is 1. The second kappa shape index (κ2) is 8.09. The molecule has 2 aromatic carbocycles. The lowest BCUT2D eigenvalue weighted by Crippen LogP contribution is -2.07. The van der Waals surface area contributed by atoms with Crippen molar-refractivity contribution in [1.82, 2.24) is 0 Å². The van der Waals surface area contributed by atoms with E-state index < -0.39 is 15.8 Å². The molecule has 0 atom stereocenters. The van der Waals surface area contributed by atoms with Gasteiger partial charge in [0.25, 0.3) is 0 Å². The first-order chi connectivity index (χ1) is 11.8. The van der Waals surface area contributed by atoms with Gasteiger partial charge in [0, 0.05) is 18.8 Å². The maximum absolute atomic E-state index is 11.6. The Morgan fingerprint density at radius 1 is 0.960 bits per heavy atom. The summed E-state index contributed by atoms with van der Waals surface area (Å²) in [4.78, 5) is 11.4. The zero-order valence-corrected chi connectivity index (χ0v) is 14.9. The quantitative estimate of drug-likeness (QED) is 0.632. The predicted molar refractivity (Wildman–Crippen MR) is 96.5 cm³/mol. The summed E-state index contributed by atoms with van der Waals surface area (Å²) in [6.45, 7) is 1.05. The van der Waals surface area contributed by atoms with Crippen LogP contribution < -0.4 is 0 Å². The van der Waals surface area contributed by atoms with Crippen LogP contribution in [0.3, 0.4) is 0 Å². The number of ether oxygens (including phenoxy) is 1. The van der Waals surface area contributed by atoms with Crippen LogP contribution in [0.2, 0.25) is 0 Å². The molecule has 0 aliphatic rings. The van der Waals surface area contributed by atoms with Gasteiger partial charge in [0.15, 0.2) is 9.84 Å². The van der Waals surface area contributed by atoms with Gasteiger partial charge in [-0.3, -0.25) is 4.79 Å². The van der Waals surface area contributed by atoms with Gasteiger partial charge >= 0.3 is 5.97 Å². The third-order valence-electron chi connectivity index (χ3n) is 3.70. The molecule has 2 aromatic rings. The van der Waals surface area contributed by atoms with Crippen molar-refractivity contribution < 1.29 is 23.1 Å². The third kappa shape index (κ3) is 5.01. The maximum atomic E-state index is 11.6. The van der Waals surface area contributed by atoms with Gasteiger partial charge in [0.2, 0.25) is 0 Å². The molecule has 0 unspecified atom stereocenters. The minimum Gasteiger partial charge on any atom is -0.461 e. The largest absolute Gasteiger partial charge is 0.461 e. The molecule has 0 aliphatic heterocycles. The average molecular weight is 360 g/mol. The second-order valence-corrected chi connectivity index (χ2v) is 7.57. The average Bonchev–Trinajstić information content (AvgIpc) is 2.58. The molecule has 0 saturated heterocycles. The highest BCUT2D eigenvalue weighted by atomic mass is 32.2. The first-order valence-corrected chi connectivity index (χ1v) is 9.54. The summed E-state index contributed by atoms with van der Waals surface area (Å²) < 4.78 is 28.4. The number of benzene rings is 2. The van der Waals surface area contributed by atoms with E-state index in [1.165, 1.54) is 19.1 Å². The van der Waals surface area contributed by atoms with E-state index in [9.17, 15) is 18.3 Å². The molecular formula is C19H20O5S. The molecule has 5 nitrogen and oxygen atoms in total. The zero-order chi connectivity index (χ0) is 18.4. The molecule has 0 saturated carbocycles. The Hall–Kier alpha value is -2.44. The van der Waals surface area contributed by atoms with Crippen LogP contribution in [0.4, 0.5) is 0 Å². The Morgan fingerprint density at radius 3 is 2.00 bits per heavy atom. The lowest BCUT2D eigenvalue weighted by Gasteiger charge is -2.15. The first-order valence-electron chi connectivity index (χ1n) is 7.65. The fourth-order valence-electron chi connectivity index (χ4n) is 2.42. The highest BCUT2D eigenvalue weighted by Gasteiger charge is 2.14. The zero-order valence-electron chi connectivity index (χ0n) is 14.1. The number of sulfone groups is 1. The Morgan fingerprint density at radius 2 is 1.52 bits per heavy atom. The topological polar surface area (TPSA) is 80.7 Å². The Bertz CT molecular complexity index is 866. The molecule has 0 aliphatic carbocycles. The van der Waals surface area contributed by atoms with E-state index in [2.05, 4.69) is 0 Å². The summed E-state index contributed by atoms with van der Waals surface area (Å²) in [7, 11) is -3.30. The van der Waals surface area contributed by atoms with Gasteiger partial charge in [-0.1, -0.05) is 42.5 Å². The van der Waals surface area contributed by atoms with Gasteiger partial charge in [-0.05, 0) is 28.8 Å². The van der Waals surface area contributed by atoms with E-state index in [-0.39, 0.29) is 18.1 Å². The van der Waals surface area contributed by atoms with Crippen LogP contribution in [0, 0.1) is 0 Å². The van der Waals surface area contributed by atoms with Gasteiger partial charge in [-0.25, -0.2) is 8.42 Å². The Kier molecular flexibility index (Phi) is 6.12. The molecule has 6 heteroatoms. The molecule has 0 heterocycles. The smallest absolute Gasteiger partial charge is 0.302 e. The van der Waals surface area contributed by atoms with Crippen LogP contribution in [0.1, 0.15) is 18.1 Å². The number of carbonyl (C=O) groups is 1. The van der Waals surface area contributed by atoms with Crippen LogP contribution in [0.25, 0.3) is 11.1 Å². The number of aliphatic hydroxyl groups is 1.